The van der Waals surface area contributed by atoms with Crippen molar-refractivity contribution in [2.45, 2.75) is 91.9 Å². The van der Waals surface area contributed by atoms with Crippen molar-refractivity contribution in [3.8, 4) is 11.5 Å². The Balaban J connectivity index is 0.00000420. The van der Waals surface area contributed by atoms with Crippen molar-refractivity contribution >= 4 is 23.9 Å². The Morgan fingerprint density at radius 2 is 1.07 bits per heavy atom. The number of rotatable bonds is 4. The van der Waals surface area contributed by atoms with Crippen molar-refractivity contribution in [3.05, 3.63) is 57.6 Å². The molecule has 0 atom stereocenters. The van der Waals surface area contributed by atoms with Gasteiger partial charge in [-0.15, -0.1) is 0 Å². The summed E-state index contributed by atoms with van der Waals surface area (Å²) < 4.78 is 0. The fraction of sp³-hybridized carbons (Fsp3) is 0.538. The number of phenols is 2. The number of phenolic OH excluding ortho intramolecular Hbond substituents is 2. The zero-order valence-corrected chi connectivity index (χ0v) is 22.5. The summed E-state index contributed by atoms with van der Waals surface area (Å²) in [6, 6.07) is 8.24. The minimum Gasteiger partial charge on any atom is -0.508 e. The van der Waals surface area contributed by atoms with Crippen LogP contribution in [0.4, 0.5) is 0 Å². The van der Waals surface area contributed by atoms with E-state index in [1.807, 2.05) is 12.1 Å². The van der Waals surface area contributed by atoms with Crippen LogP contribution in [0.3, 0.4) is 0 Å². The van der Waals surface area contributed by atoms with E-state index >= 15 is 0 Å². The Kier molecular flexibility index (Phi) is 8.32. The third-order valence-electron chi connectivity index (χ3n) is 5.71. The molecule has 3 heteroatoms. The molecule has 2 aromatic carbocycles. The summed E-state index contributed by atoms with van der Waals surface area (Å²) in [5.74, 6) is 0.997. The van der Waals surface area contributed by atoms with Gasteiger partial charge in [-0.25, -0.2) is 0 Å². The van der Waals surface area contributed by atoms with Gasteiger partial charge in [-0.1, -0.05) is 67.0 Å². The van der Waals surface area contributed by atoms with E-state index in [-0.39, 0.29) is 40.7 Å². The first kappa shape index (κ1) is 25.9. The van der Waals surface area contributed by atoms with Crippen LogP contribution in [0.1, 0.15) is 101 Å². The molecule has 0 aliphatic heterocycles. The zero-order chi connectivity index (χ0) is 21.4. The van der Waals surface area contributed by atoms with Crippen LogP contribution in [0, 0.1) is 13.8 Å². The number of aryl methyl sites for hydroxylation is 2. The molecule has 0 unspecified atom stereocenters. The molecule has 2 aromatic rings. The van der Waals surface area contributed by atoms with Gasteiger partial charge in [0.15, 0.2) is 0 Å². The summed E-state index contributed by atoms with van der Waals surface area (Å²) in [5.41, 5.74) is 6.52. The molecular formula is C26H38O2Sn. The van der Waals surface area contributed by atoms with Crippen molar-refractivity contribution < 1.29 is 10.2 Å². The van der Waals surface area contributed by atoms with Gasteiger partial charge in [0.1, 0.15) is 11.5 Å². The van der Waals surface area contributed by atoms with Gasteiger partial charge in [-0.3, -0.25) is 0 Å². The molecule has 2 nitrogen and oxygen atoms in total. The van der Waals surface area contributed by atoms with Crippen LogP contribution in [0.5, 0.6) is 11.5 Å². The van der Waals surface area contributed by atoms with E-state index in [2.05, 4.69) is 74.4 Å². The maximum absolute atomic E-state index is 10.5. The first-order valence-electron chi connectivity index (χ1n) is 10.4. The molecule has 0 fully saturated rings. The summed E-state index contributed by atoms with van der Waals surface area (Å²) in [6.07, 6.45) is 2.10. The molecule has 0 saturated heterocycles. The molecule has 2 N–H and O–H groups in total. The van der Waals surface area contributed by atoms with E-state index in [0.29, 0.717) is 11.5 Å². The molecule has 0 heterocycles. The maximum atomic E-state index is 10.5. The van der Waals surface area contributed by atoms with Crippen molar-refractivity contribution in [2.24, 2.45) is 0 Å². The van der Waals surface area contributed by atoms with Crippen molar-refractivity contribution in [2.75, 3.05) is 0 Å². The number of hydrogen-bond donors (Lipinski definition) is 2. The van der Waals surface area contributed by atoms with Gasteiger partial charge in [-0.2, -0.15) is 0 Å². The second-order valence-electron chi connectivity index (χ2n) is 10.3. The Morgan fingerprint density at radius 3 is 1.34 bits per heavy atom. The topological polar surface area (TPSA) is 40.5 Å². The van der Waals surface area contributed by atoms with Gasteiger partial charge < -0.3 is 10.2 Å². The Morgan fingerprint density at radius 1 is 0.724 bits per heavy atom. The van der Waals surface area contributed by atoms with Crippen LogP contribution in [-0.2, 0) is 10.8 Å². The Hall–Kier alpha value is -1.16. The Bertz CT molecular complexity index is 785. The standard InChI is InChI=1S/C26H38O2.Sn/c1-10-11-18(19-14-21(25(4,5)6)23(27)12-16(19)2)20-15-22(26(7,8)9)24(28)13-17(20)3;/h12-15,18,27-28H,10-11H2,1-9H3;. The SMILES string of the molecule is CCCC(c1cc(C(C)(C)C)c(O)cc1C)c1cc(C(C)(C)C)c(O)cc1C.[Sn]. The Labute approximate surface area is 194 Å². The average Bonchev–Trinajstić information content (AvgIpc) is 2.51. The first-order valence-corrected chi connectivity index (χ1v) is 10.4. The van der Waals surface area contributed by atoms with E-state index in [0.717, 1.165) is 35.1 Å². The second-order valence-corrected chi connectivity index (χ2v) is 10.3. The average molecular weight is 501 g/mol. The minimum atomic E-state index is -0.121. The van der Waals surface area contributed by atoms with E-state index < -0.39 is 0 Å². The van der Waals surface area contributed by atoms with Crippen LogP contribution in [0.15, 0.2) is 24.3 Å². The number of aromatic hydroxyl groups is 2. The second kappa shape index (κ2) is 9.32. The van der Waals surface area contributed by atoms with Crippen LogP contribution in [-0.4, -0.2) is 34.1 Å². The molecular weight excluding hydrogens is 463 g/mol. The van der Waals surface area contributed by atoms with Gasteiger partial charge in [0, 0.05) is 29.8 Å². The molecule has 2 rings (SSSR count). The number of benzene rings is 2. The summed E-state index contributed by atoms with van der Waals surface area (Å²) in [4.78, 5) is 0. The van der Waals surface area contributed by atoms with Crippen LogP contribution in [0.2, 0.25) is 0 Å². The predicted octanol–water partition coefficient (Wildman–Crippen LogP) is 6.86. The van der Waals surface area contributed by atoms with Crippen LogP contribution in [0.25, 0.3) is 0 Å². The summed E-state index contributed by atoms with van der Waals surface area (Å²) >= 11 is 0. The van der Waals surface area contributed by atoms with Crippen LogP contribution >= 0.6 is 0 Å². The van der Waals surface area contributed by atoms with E-state index in [1.54, 1.807) is 0 Å². The quantitative estimate of drug-likeness (QED) is 0.450. The smallest absolute Gasteiger partial charge is 0.119 e. The van der Waals surface area contributed by atoms with Crippen molar-refractivity contribution in [1.82, 2.24) is 0 Å². The maximum Gasteiger partial charge on any atom is 0.119 e. The van der Waals surface area contributed by atoms with E-state index in [1.165, 1.54) is 11.1 Å². The van der Waals surface area contributed by atoms with Gasteiger partial charge in [0.05, 0.1) is 0 Å². The van der Waals surface area contributed by atoms with Crippen molar-refractivity contribution in [3.63, 3.8) is 0 Å². The third kappa shape index (κ3) is 5.71. The largest absolute Gasteiger partial charge is 0.508 e. The molecule has 0 spiro atoms. The molecule has 4 radical (unpaired) electrons. The molecule has 0 bridgehead atoms. The van der Waals surface area contributed by atoms with Gasteiger partial charge in [0.25, 0.3) is 0 Å². The fourth-order valence-corrected chi connectivity index (χ4v) is 4.14. The fourth-order valence-electron chi connectivity index (χ4n) is 4.14. The van der Waals surface area contributed by atoms with Crippen LogP contribution < -0.4 is 0 Å². The minimum absolute atomic E-state index is 0. The molecule has 0 amide bonds. The van der Waals surface area contributed by atoms with Gasteiger partial charge in [0.2, 0.25) is 0 Å². The summed E-state index contributed by atoms with van der Waals surface area (Å²) in [7, 11) is 0. The summed E-state index contributed by atoms with van der Waals surface area (Å²) in [5, 5.41) is 21.1. The molecule has 0 aromatic heterocycles. The molecule has 0 aliphatic rings. The molecule has 158 valence electrons. The normalized spacial score (nSPS) is 12.2. The molecule has 0 aliphatic carbocycles. The number of hydrogen-bond acceptors (Lipinski definition) is 2. The summed E-state index contributed by atoms with van der Waals surface area (Å²) in [6.45, 7) is 19.2. The molecule has 29 heavy (non-hydrogen) atoms. The monoisotopic (exact) mass is 502 g/mol. The predicted molar refractivity (Wildman–Crippen MR) is 126 cm³/mol. The van der Waals surface area contributed by atoms with Crippen molar-refractivity contribution in [1.29, 1.82) is 0 Å². The van der Waals surface area contributed by atoms with Gasteiger partial charge >= 0.3 is 0 Å². The van der Waals surface area contributed by atoms with E-state index in [4.69, 9.17) is 0 Å². The van der Waals surface area contributed by atoms with E-state index in [9.17, 15) is 10.2 Å². The first-order chi connectivity index (χ1) is 12.8. The van der Waals surface area contributed by atoms with Gasteiger partial charge in [-0.05, 0) is 76.6 Å². The third-order valence-corrected chi connectivity index (χ3v) is 5.71. The zero-order valence-electron chi connectivity index (χ0n) is 19.7. The molecule has 0 saturated carbocycles.